The molecule has 0 radical (unpaired) electrons. The van der Waals surface area contributed by atoms with E-state index in [1.165, 1.54) is 12.1 Å². The van der Waals surface area contributed by atoms with Gasteiger partial charge in [-0.2, -0.15) is 34.9 Å². The smallest absolute Gasteiger partial charge is 0.303 e. The molecule has 0 saturated carbocycles. The number of unbranched alkanes of at least 4 members (excludes halogenated alkanes) is 2. The fraction of sp³-hybridized carbons (Fsp3) is 0.590. The van der Waals surface area contributed by atoms with Crippen LogP contribution in [0.4, 0.5) is 5.69 Å². The van der Waals surface area contributed by atoms with Crippen molar-refractivity contribution >= 4 is 59.3 Å². The van der Waals surface area contributed by atoms with Crippen LogP contribution in [-0.4, -0.2) is 140 Å². The molecule has 17 nitrogen and oxygen atoms in total. The normalized spacial score (nSPS) is 20.9. The number of carboxylic acids is 1. The average Bonchev–Trinajstić information content (AvgIpc) is 3.46. The van der Waals surface area contributed by atoms with E-state index >= 15 is 0 Å². The second-order valence-corrected chi connectivity index (χ2v) is 21.1. The first kappa shape index (κ1) is 49.6. The molecule has 0 aliphatic carbocycles. The van der Waals surface area contributed by atoms with Crippen LogP contribution in [0.25, 0.3) is 0 Å². The topological polar surface area (TPSA) is 248 Å². The Morgan fingerprint density at radius 1 is 0.864 bits per heavy atom. The van der Waals surface area contributed by atoms with Gasteiger partial charge in [0.25, 0.3) is 30.4 Å². The van der Waals surface area contributed by atoms with Gasteiger partial charge >= 0.3 is 5.97 Å². The molecule has 2 unspecified atom stereocenters. The molecule has 1 aromatic carbocycles. The first-order valence-corrected chi connectivity index (χ1v) is 24.2. The highest BCUT2D eigenvalue weighted by Crippen LogP contribution is 2.45. The van der Waals surface area contributed by atoms with E-state index in [-0.39, 0.29) is 49.5 Å². The molecule has 330 valence electrons. The maximum absolute atomic E-state index is 12.5. The van der Waals surface area contributed by atoms with Gasteiger partial charge in [0.1, 0.15) is 6.54 Å². The maximum Gasteiger partial charge on any atom is 0.303 e. The van der Waals surface area contributed by atoms with Crippen LogP contribution >= 0.6 is 0 Å². The summed E-state index contributed by atoms with van der Waals surface area (Å²) in [4.78, 5) is 23.7. The minimum atomic E-state index is -4.60. The zero-order valence-corrected chi connectivity index (χ0v) is 37.2. The van der Waals surface area contributed by atoms with Gasteiger partial charge in [-0.1, -0.05) is 18.2 Å². The molecule has 1 amide bonds. The highest BCUT2D eigenvalue weighted by molar-refractivity contribution is 7.86. The third-order valence-corrected chi connectivity index (χ3v) is 13.2. The number of hydrogen-bond acceptors (Lipinski definition) is 10. The van der Waals surface area contributed by atoms with Crippen LogP contribution in [0, 0.1) is 5.41 Å². The second kappa shape index (κ2) is 20.2. The quantitative estimate of drug-likeness (QED) is 0.0322. The lowest BCUT2D eigenvalue weighted by atomic mass is 9.76. The number of likely N-dealkylation sites (N-methyl/N-ethyl adjacent to an activating group) is 1. The summed E-state index contributed by atoms with van der Waals surface area (Å²) in [5, 5.41) is 18.6. The molecule has 20 heteroatoms. The van der Waals surface area contributed by atoms with Gasteiger partial charge in [-0.15, -0.1) is 0 Å². The Balaban J connectivity index is 2.00. The third-order valence-electron chi connectivity index (χ3n) is 10.7. The number of carboxylic acid groups (broad SMARTS) is 1. The third kappa shape index (κ3) is 15.0. The van der Waals surface area contributed by atoms with Crippen LogP contribution in [0.15, 0.2) is 64.3 Å². The summed E-state index contributed by atoms with van der Waals surface area (Å²) >= 11 is 0. The Hall–Kier alpha value is -3.79. The summed E-state index contributed by atoms with van der Waals surface area (Å²) in [6, 6.07) is 4.27. The molecule has 2 aliphatic rings. The molecule has 2 aliphatic heterocycles. The van der Waals surface area contributed by atoms with Crippen LogP contribution in [0.5, 0.6) is 0 Å². The Labute approximate surface area is 349 Å². The lowest BCUT2D eigenvalue weighted by molar-refractivity contribution is -0.869. The predicted octanol–water partition coefficient (Wildman–Crippen LogP) is 4.18. The van der Waals surface area contributed by atoms with Crippen LogP contribution in [0.2, 0.25) is 0 Å². The van der Waals surface area contributed by atoms with E-state index < -0.39 is 58.7 Å². The molecule has 2 heterocycles. The molecule has 0 saturated heterocycles. The molecule has 3 rings (SSSR count). The van der Waals surface area contributed by atoms with Crippen molar-refractivity contribution in [2.24, 2.45) is 10.5 Å². The van der Waals surface area contributed by atoms with Crippen molar-refractivity contribution in [2.45, 2.75) is 88.9 Å². The number of aliphatic carboxylic acids is 1. The van der Waals surface area contributed by atoms with Gasteiger partial charge in [-0.25, -0.2) is 0 Å². The monoisotopic (exact) mass is 887 g/mol. The van der Waals surface area contributed by atoms with Gasteiger partial charge < -0.3 is 14.9 Å². The zero-order valence-electron chi connectivity index (χ0n) is 34.8. The van der Waals surface area contributed by atoms with Gasteiger partial charge in [-0.3, -0.25) is 28.3 Å². The molecule has 0 spiro atoms. The molecule has 0 bridgehead atoms. The number of nitrogens with one attached hydrogen (secondary N) is 1. The lowest BCUT2D eigenvalue weighted by Gasteiger charge is -2.28. The molecule has 59 heavy (non-hydrogen) atoms. The number of amides is 1. The first-order valence-electron chi connectivity index (χ1n) is 19.5. The molecule has 5 N–H and O–H groups in total. The summed E-state index contributed by atoms with van der Waals surface area (Å²) in [7, 11) is -6.99. The molecule has 2 atom stereocenters. The predicted molar refractivity (Wildman–Crippen MR) is 226 cm³/mol. The minimum Gasteiger partial charge on any atom is -0.481 e. The number of carbonyl (C=O) groups excluding carboxylic acids is 1. The number of quaternary nitrogens is 1. The Kier molecular flexibility index (Phi) is 17.0. The number of carbonyl (C=O) groups is 2. The first-order chi connectivity index (χ1) is 27.2. The summed E-state index contributed by atoms with van der Waals surface area (Å²) in [5.74, 6) is -2.02. The number of rotatable bonds is 24. The van der Waals surface area contributed by atoms with Crippen molar-refractivity contribution in [3.05, 3.63) is 59.8 Å². The molecular formula is C39H61N5O12S3+2. The second-order valence-electron chi connectivity index (χ2n) is 16.6. The van der Waals surface area contributed by atoms with Crippen LogP contribution in [-0.2, 0) is 45.4 Å². The summed E-state index contributed by atoms with van der Waals surface area (Å²) < 4.78 is 102. The number of fused-ring (bicyclic) bond motifs is 1. The number of hydrogen-bond donors (Lipinski definition) is 5. The number of allylic oxidation sites excluding steroid dienone is 6. The van der Waals surface area contributed by atoms with Crippen molar-refractivity contribution in [1.29, 1.82) is 0 Å². The van der Waals surface area contributed by atoms with Crippen molar-refractivity contribution in [3.63, 3.8) is 0 Å². The Morgan fingerprint density at radius 3 is 2.14 bits per heavy atom. The largest absolute Gasteiger partial charge is 0.481 e. The summed E-state index contributed by atoms with van der Waals surface area (Å²) in [6.07, 6.45) is 11.5. The van der Waals surface area contributed by atoms with Crippen molar-refractivity contribution < 1.29 is 62.7 Å². The van der Waals surface area contributed by atoms with Gasteiger partial charge in [0.15, 0.2) is 5.71 Å². The van der Waals surface area contributed by atoms with Crippen molar-refractivity contribution in [1.82, 2.24) is 10.3 Å². The molecule has 0 aromatic heterocycles. The highest BCUT2D eigenvalue weighted by atomic mass is 32.2. The van der Waals surface area contributed by atoms with E-state index in [9.17, 15) is 53.6 Å². The molecule has 0 fully saturated rings. The lowest BCUT2D eigenvalue weighted by Crippen LogP contribution is -2.41. The van der Waals surface area contributed by atoms with Crippen molar-refractivity contribution in [2.75, 3.05) is 58.8 Å². The van der Waals surface area contributed by atoms with Crippen LogP contribution in [0.3, 0.4) is 0 Å². The zero-order chi connectivity index (χ0) is 44.5. The van der Waals surface area contributed by atoms with E-state index in [2.05, 4.69) is 10.4 Å². The number of hydrazone groups is 1. The minimum absolute atomic E-state index is 0.0306. The van der Waals surface area contributed by atoms with E-state index in [0.717, 1.165) is 11.0 Å². The van der Waals surface area contributed by atoms with Gasteiger partial charge in [0.2, 0.25) is 11.6 Å². The fourth-order valence-electron chi connectivity index (χ4n) is 7.33. The Bertz CT molecular complexity index is 2210. The summed E-state index contributed by atoms with van der Waals surface area (Å²) in [5.41, 5.74) is 1.40. The maximum atomic E-state index is 12.5. The van der Waals surface area contributed by atoms with Gasteiger partial charge in [-0.05, 0) is 77.5 Å². The molecular weight excluding hydrogens is 827 g/mol. The fourth-order valence-corrected chi connectivity index (χ4v) is 8.84. The van der Waals surface area contributed by atoms with Crippen molar-refractivity contribution in [3.8, 4) is 0 Å². The van der Waals surface area contributed by atoms with Crippen LogP contribution < -0.4 is 5.32 Å². The number of nitrogens with zero attached hydrogens (tertiary/aromatic N) is 4. The summed E-state index contributed by atoms with van der Waals surface area (Å²) in [6.45, 7) is 7.43. The number of benzene rings is 1. The average molecular weight is 888 g/mol. The van der Waals surface area contributed by atoms with Gasteiger partial charge in [0, 0.05) is 60.3 Å². The van der Waals surface area contributed by atoms with E-state index in [4.69, 9.17) is 0 Å². The standard InChI is InChI=1S/C39H59N5O12S3/c1-30-38(2,22-20-37(46)47)35(43(41-30)25-14-28-58(51,52)53)16-10-7-9-15-34-39(3,21-13-27-57(48,49)50)32-29-31(59(54,55)56)18-19-33(32)42(34)24-12-8-11-17-36(45)40-23-26-44(4,5)6/h7,9-10,15-16,18-19,29H,8,11-14,17,20-28H2,1-6H3,(H3-2,40,45,46,47,48,49,50,51,52,53,54,55,56)/p+2. The highest BCUT2D eigenvalue weighted by Gasteiger charge is 2.48. The van der Waals surface area contributed by atoms with Crippen LogP contribution in [0.1, 0.15) is 84.1 Å². The van der Waals surface area contributed by atoms with E-state index in [1.807, 2.05) is 45.6 Å². The SMILES string of the molecule is CC1=NN(CCCS(=O)(=O)O)/C(=C/C=C/C=C/C2=[N+](CCCCCC(=O)NCC[N+](C)(C)C)c3ccc(S(=O)(=O)O)cc3C2(C)CCCS(=O)(=O)O)C1(C)CCC(=O)O. The van der Waals surface area contributed by atoms with E-state index in [1.54, 1.807) is 42.3 Å². The molecule has 1 aromatic rings. The van der Waals surface area contributed by atoms with Gasteiger partial charge in [0.05, 0.1) is 56.0 Å². The Morgan fingerprint density at radius 2 is 1.53 bits per heavy atom. The van der Waals surface area contributed by atoms with E-state index in [0.29, 0.717) is 67.1 Å².